The molecule has 5 rings (SSSR count). The van der Waals surface area contributed by atoms with Crippen LogP contribution in [0.4, 0.5) is 0 Å². The van der Waals surface area contributed by atoms with E-state index in [4.69, 9.17) is 18.9 Å². The molecule has 0 unspecified atom stereocenters. The fourth-order valence-electron chi connectivity index (χ4n) is 3.85. The summed E-state index contributed by atoms with van der Waals surface area (Å²) in [6.07, 6.45) is 3.13. The third-order valence-electron chi connectivity index (χ3n) is 5.09. The molecule has 3 heterocycles. The van der Waals surface area contributed by atoms with Crippen molar-refractivity contribution in [1.29, 1.82) is 0 Å². The van der Waals surface area contributed by atoms with Crippen LogP contribution in [0.1, 0.15) is 12.5 Å². The van der Waals surface area contributed by atoms with Crippen molar-refractivity contribution in [3.63, 3.8) is 0 Å². The van der Waals surface area contributed by atoms with Gasteiger partial charge in [-0.05, 0) is 42.1 Å². The predicted octanol–water partition coefficient (Wildman–Crippen LogP) is 0.490. The van der Waals surface area contributed by atoms with Gasteiger partial charge in [-0.3, -0.25) is 0 Å². The number of aryl methyl sites for hydroxylation is 2. The molecule has 0 saturated carbocycles. The fraction of sp³-hybridized carbons (Fsp3) is 0.286. The molecular weight excluding hydrogens is 366 g/mol. The Morgan fingerprint density at radius 3 is 2.70 bits per heavy atom. The maximum absolute atomic E-state index is 5.89. The highest BCUT2D eigenvalue weighted by molar-refractivity contribution is 5.91. The Labute approximate surface area is 163 Å². The first kappa shape index (κ1) is 17.7. The van der Waals surface area contributed by atoms with Crippen molar-refractivity contribution in [2.24, 2.45) is 0 Å². The van der Waals surface area contributed by atoms with Crippen molar-refractivity contribution in [3.8, 4) is 34.3 Å². The Kier molecular flexibility index (Phi) is 4.48. The first-order valence-electron chi connectivity index (χ1n) is 8.88. The number of pyridine rings is 1. The largest absolute Gasteiger partial charge is 1.00 e. The topological polar surface area (TPSA) is 40.8 Å². The zero-order valence-corrected chi connectivity index (χ0v) is 16.0. The zero-order valence-electron chi connectivity index (χ0n) is 15.3. The molecule has 3 aromatic rings. The molecule has 0 spiro atoms. The van der Waals surface area contributed by atoms with Gasteiger partial charge in [0.2, 0.25) is 12.5 Å². The van der Waals surface area contributed by atoms with E-state index < -0.39 is 0 Å². The van der Waals surface area contributed by atoms with E-state index in [-0.39, 0.29) is 12.4 Å². The summed E-state index contributed by atoms with van der Waals surface area (Å²) in [6, 6.07) is 10.5. The number of benzene rings is 2. The second-order valence-corrected chi connectivity index (χ2v) is 6.50. The van der Waals surface area contributed by atoms with Crippen LogP contribution in [0.2, 0.25) is 0 Å². The quantitative estimate of drug-likeness (QED) is 0.615. The zero-order chi connectivity index (χ0) is 17.7. The number of fused-ring (bicyclic) bond motifs is 5. The van der Waals surface area contributed by atoms with Gasteiger partial charge in [0, 0.05) is 12.5 Å². The van der Waals surface area contributed by atoms with E-state index >= 15 is 0 Å². The van der Waals surface area contributed by atoms with Crippen LogP contribution >= 0.6 is 0 Å². The Bertz CT molecular complexity index is 1030. The van der Waals surface area contributed by atoms with E-state index in [1.54, 1.807) is 7.11 Å². The highest BCUT2D eigenvalue weighted by Crippen LogP contribution is 2.41. The SMILES string of the molecule is CCOc1c(OC)ccc2cc3[n+](cc12)CCc1cc2c(cc1-3)OCO2.[Cl-]. The Morgan fingerprint density at radius 1 is 1.11 bits per heavy atom. The molecule has 0 saturated heterocycles. The van der Waals surface area contributed by atoms with Crippen molar-refractivity contribution in [2.75, 3.05) is 20.5 Å². The minimum absolute atomic E-state index is 0. The molecule has 27 heavy (non-hydrogen) atoms. The summed E-state index contributed by atoms with van der Waals surface area (Å²) in [5, 5.41) is 2.20. The molecule has 0 amide bonds. The van der Waals surface area contributed by atoms with E-state index in [0.29, 0.717) is 13.4 Å². The van der Waals surface area contributed by atoms with Crippen molar-refractivity contribution in [3.05, 3.63) is 42.1 Å². The highest BCUT2D eigenvalue weighted by Gasteiger charge is 2.28. The van der Waals surface area contributed by atoms with E-state index in [2.05, 4.69) is 35.0 Å². The summed E-state index contributed by atoms with van der Waals surface area (Å²) in [6.45, 7) is 3.81. The number of ether oxygens (including phenoxy) is 4. The van der Waals surface area contributed by atoms with Crippen LogP contribution in [-0.4, -0.2) is 20.5 Å². The molecule has 2 aliphatic rings. The number of hydrogen-bond donors (Lipinski definition) is 0. The van der Waals surface area contributed by atoms with Gasteiger partial charge in [0.15, 0.2) is 35.7 Å². The standard InChI is InChI=1S/C21H20NO4.ClH/c1-3-24-21-16-11-22-7-6-14-9-19-20(26-12-25-19)10-15(14)17(22)8-13(16)4-5-18(21)23-2;/h4-5,8-11H,3,6-7,12H2,1-2H3;1H/q+1;/p-1. The summed E-state index contributed by atoms with van der Waals surface area (Å²) in [7, 11) is 1.67. The van der Waals surface area contributed by atoms with Gasteiger partial charge in [-0.2, -0.15) is 4.57 Å². The molecule has 140 valence electrons. The first-order chi connectivity index (χ1) is 12.8. The number of rotatable bonds is 3. The van der Waals surface area contributed by atoms with Crippen LogP contribution < -0.4 is 35.9 Å². The van der Waals surface area contributed by atoms with Crippen LogP contribution in [0, 0.1) is 0 Å². The summed E-state index contributed by atoms with van der Waals surface area (Å²) in [4.78, 5) is 0. The lowest BCUT2D eigenvalue weighted by molar-refractivity contribution is -0.686. The predicted molar refractivity (Wildman–Crippen MR) is 97.1 cm³/mol. The minimum Gasteiger partial charge on any atom is -1.00 e. The second kappa shape index (κ2) is 6.82. The molecule has 2 aromatic carbocycles. The highest BCUT2D eigenvalue weighted by atomic mass is 35.5. The van der Waals surface area contributed by atoms with Gasteiger partial charge < -0.3 is 31.4 Å². The van der Waals surface area contributed by atoms with E-state index in [9.17, 15) is 0 Å². The van der Waals surface area contributed by atoms with Crippen molar-refractivity contribution < 1.29 is 35.9 Å². The number of methoxy groups -OCH3 is 1. The molecular formula is C21H20ClNO4. The summed E-state index contributed by atoms with van der Waals surface area (Å²) >= 11 is 0. The number of halogens is 1. The van der Waals surface area contributed by atoms with Gasteiger partial charge in [-0.1, -0.05) is 0 Å². The third kappa shape index (κ3) is 2.73. The molecule has 0 N–H and O–H groups in total. The average molecular weight is 386 g/mol. The molecule has 1 aromatic heterocycles. The summed E-state index contributed by atoms with van der Waals surface area (Å²) in [5.41, 5.74) is 3.69. The third-order valence-corrected chi connectivity index (χ3v) is 5.09. The fourth-order valence-corrected chi connectivity index (χ4v) is 3.85. The van der Waals surface area contributed by atoms with Crippen LogP contribution in [-0.2, 0) is 13.0 Å². The maximum atomic E-state index is 5.89. The van der Waals surface area contributed by atoms with Gasteiger partial charge in [-0.15, -0.1) is 0 Å². The second-order valence-electron chi connectivity index (χ2n) is 6.50. The van der Waals surface area contributed by atoms with E-state index in [1.807, 2.05) is 13.0 Å². The molecule has 5 nitrogen and oxygen atoms in total. The van der Waals surface area contributed by atoms with Crippen molar-refractivity contribution in [1.82, 2.24) is 0 Å². The molecule has 0 bridgehead atoms. The maximum Gasteiger partial charge on any atom is 0.231 e. The molecule has 0 fully saturated rings. The first-order valence-corrected chi connectivity index (χ1v) is 8.88. The van der Waals surface area contributed by atoms with E-state index in [0.717, 1.165) is 46.7 Å². The molecule has 0 atom stereocenters. The molecule has 2 aliphatic heterocycles. The summed E-state index contributed by atoms with van der Waals surface area (Å²) in [5.74, 6) is 3.24. The van der Waals surface area contributed by atoms with Crippen LogP contribution in [0.25, 0.3) is 22.0 Å². The normalized spacial score (nSPS) is 13.6. The summed E-state index contributed by atoms with van der Waals surface area (Å²) < 4.78 is 24.8. The lowest BCUT2D eigenvalue weighted by Crippen LogP contribution is -3.00. The Morgan fingerprint density at radius 2 is 1.93 bits per heavy atom. The minimum atomic E-state index is 0. The average Bonchev–Trinajstić information content (AvgIpc) is 3.13. The van der Waals surface area contributed by atoms with Gasteiger partial charge in [0.1, 0.15) is 0 Å². The van der Waals surface area contributed by atoms with Crippen LogP contribution in [0.5, 0.6) is 23.0 Å². The molecule has 6 heteroatoms. The molecule has 0 radical (unpaired) electrons. The monoisotopic (exact) mass is 385 g/mol. The van der Waals surface area contributed by atoms with E-state index in [1.165, 1.54) is 16.8 Å². The van der Waals surface area contributed by atoms with Gasteiger partial charge >= 0.3 is 0 Å². The lowest BCUT2D eigenvalue weighted by atomic mass is 9.95. The smallest absolute Gasteiger partial charge is 0.231 e. The van der Waals surface area contributed by atoms with Gasteiger partial charge in [-0.25, -0.2) is 0 Å². The van der Waals surface area contributed by atoms with Crippen LogP contribution in [0.3, 0.4) is 0 Å². The Balaban J connectivity index is 0.00000180. The number of nitrogens with zero attached hydrogens (tertiary/aromatic N) is 1. The van der Waals surface area contributed by atoms with Gasteiger partial charge in [0.25, 0.3) is 0 Å². The van der Waals surface area contributed by atoms with Crippen LogP contribution in [0.15, 0.2) is 36.5 Å². The number of aromatic nitrogens is 1. The van der Waals surface area contributed by atoms with Crippen molar-refractivity contribution >= 4 is 10.8 Å². The molecule has 0 aliphatic carbocycles. The number of hydrogen-bond acceptors (Lipinski definition) is 4. The Hall–Kier alpha value is -2.66. The lowest BCUT2D eigenvalue weighted by Gasteiger charge is -2.17. The van der Waals surface area contributed by atoms with Gasteiger partial charge in [0.05, 0.1) is 24.7 Å². The van der Waals surface area contributed by atoms with Crippen molar-refractivity contribution in [2.45, 2.75) is 19.9 Å².